The molecular formula is C36H40ClF2NO8. The molecule has 2 atom stereocenters. The number of rotatable bonds is 12. The number of hydrogen-bond acceptors (Lipinski definition) is 9. The number of fused-ring (bicyclic) bond motifs is 1. The molecule has 0 bridgehead atoms. The lowest BCUT2D eigenvalue weighted by molar-refractivity contribution is -0.165. The van der Waals surface area contributed by atoms with E-state index in [9.17, 15) is 9.59 Å². The van der Waals surface area contributed by atoms with Gasteiger partial charge in [0.1, 0.15) is 23.8 Å². The summed E-state index contributed by atoms with van der Waals surface area (Å²) in [7, 11) is 1.16. The number of carbonyl (C=O) groups is 2. The van der Waals surface area contributed by atoms with Crippen LogP contribution in [0.1, 0.15) is 61.5 Å². The number of nitrogens with one attached hydrogen (secondary N) is 1. The average molecular weight is 688 g/mol. The predicted molar refractivity (Wildman–Crippen MR) is 174 cm³/mol. The molecular weight excluding hydrogens is 648 g/mol. The number of methoxy groups -OCH3 is 1. The molecule has 9 nitrogen and oxygen atoms in total. The van der Waals surface area contributed by atoms with Gasteiger partial charge in [-0.25, -0.2) is 13.6 Å². The SMILES string of the molecule is COC(=O)c1ccc(OCCOC2CCCCO2)c(F)c1-c1c(Cl)c(F)cc2c1CC(CNCC(=O)OC(C)(C)C)(c1ccccc1)O2. The molecule has 1 saturated heterocycles. The molecule has 0 radical (unpaired) electrons. The molecule has 2 aliphatic heterocycles. The normalized spacial score (nSPS) is 18.9. The molecule has 12 heteroatoms. The van der Waals surface area contributed by atoms with Crippen molar-refractivity contribution in [3.8, 4) is 22.6 Å². The van der Waals surface area contributed by atoms with Crippen LogP contribution in [0, 0.1) is 11.6 Å². The van der Waals surface area contributed by atoms with Gasteiger partial charge >= 0.3 is 11.9 Å². The molecule has 0 spiro atoms. The van der Waals surface area contributed by atoms with Crippen molar-refractivity contribution in [1.82, 2.24) is 5.32 Å². The molecule has 2 unspecified atom stereocenters. The van der Waals surface area contributed by atoms with Gasteiger partial charge in [0.05, 0.1) is 30.8 Å². The third-order valence-electron chi connectivity index (χ3n) is 8.00. The van der Waals surface area contributed by atoms with Crippen LogP contribution in [0.5, 0.6) is 11.5 Å². The molecule has 1 N–H and O–H groups in total. The molecule has 2 aliphatic rings. The van der Waals surface area contributed by atoms with Gasteiger partial charge in [-0.1, -0.05) is 41.9 Å². The van der Waals surface area contributed by atoms with E-state index in [2.05, 4.69) is 5.32 Å². The maximum absolute atomic E-state index is 16.5. The summed E-state index contributed by atoms with van der Waals surface area (Å²) in [5.74, 6) is -3.20. The van der Waals surface area contributed by atoms with E-state index in [4.69, 9.17) is 40.0 Å². The monoisotopic (exact) mass is 687 g/mol. The zero-order valence-corrected chi connectivity index (χ0v) is 28.2. The third kappa shape index (κ3) is 8.08. The third-order valence-corrected chi connectivity index (χ3v) is 8.37. The summed E-state index contributed by atoms with van der Waals surface area (Å²) in [6.45, 7) is 6.05. The van der Waals surface area contributed by atoms with Gasteiger partial charge in [0.25, 0.3) is 0 Å². The standard InChI is InChI=1S/C36H40ClF2NO8/c1-35(2,3)48-28(41)20-40-21-36(22-10-6-5-7-11-22)19-24-27(47-36)18-25(38)32(37)30(24)31-23(34(42)43-4)13-14-26(33(31)39)44-16-17-46-29-12-8-9-15-45-29/h5-7,10-11,13-14,18,29,40H,8-9,12,15-17,19-21H2,1-4H3. The number of esters is 2. The second-order valence-electron chi connectivity index (χ2n) is 12.7. The predicted octanol–water partition coefficient (Wildman–Crippen LogP) is 6.76. The summed E-state index contributed by atoms with van der Waals surface area (Å²) < 4.78 is 66.0. The molecule has 0 aromatic heterocycles. The molecule has 48 heavy (non-hydrogen) atoms. The minimum Gasteiger partial charge on any atom is -0.488 e. The highest BCUT2D eigenvalue weighted by molar-refractivity contribution is 6.34. The van der Waals surface area contributed by atoms with E-state index in [1.54, 1.807) is 20.8 Å². The summed E-state index contributed by atoms with van der Waals surface area (Å²) in [5.41, 5.74) is -1.28. The largest absolute Gasteiger partial charge is 0.488 e. The number of halogens is 3. The smallest absolute Gasteiger partial charge is 0.338 e. The minimum atomic E-state index is -1.16. The average Bonchev–Trinajstić information content (AvgIpc) is 3.43. The van der Waals surface area contributed by atoms with Gasteiger partial charge in [-0.05, 0) is 57.7 Å². The second-order valence-corrected chi connectivity index (χ2v) is 13.0. The first-order chi connectivity index (χ1) is 22.9. The summed E-state index contributed by atoms with van der Waals surface area (Å²) in [6, 6.07) is 13.0. The van der Waals surface area contributed by atoms with Crippen molar-refractivity contribution in [2.75, 3.05) is 40.0 Å². The molecule has 0 amide bonds. The summed E-state index contributed by atoms with van der Waals surface area (Å²) in [5, 5.41) is 2.71. The molecule has 258 valence electrons. The van der Waals surface area contributed by atoms with Gasteiger partial charge < -0.3 is 33.7 Å². The van der Waals surface area contributed by atoms with Crippen LogP contribution in [0.3, 0.4) is 0 Å². The highest BCUT2D eigenvalue weighted by Crippen LogP contribution is 2.50. The lowest BCUT2D eigenvalue weighted by Gasteiger charge is -2.30. The van der Waals surface area contributed by atoms with E-state index in [1.807, 2.05) is 30.3 Å². The minimum absolute atomic E-state index is 0.00761. The van der Waals surface area contributed by atoms with Crippen LogP contribution in [0.15, 0.2) is 48.5 Å². The molecule has 5 rings (SSSR count). The lowest BCUT2D eigenvalue weighted by atomic mass is 9.85. The molecule has 3 aromatic rings. The Balaban J connectivity index is 1.50. The maximum Gasteiger partial charge on any atom is 0.338 e. The molecule has 1 fully saturated rings. The first kappa shape index (κ1) is 35.5. The van der Waals surface area contributed by atoms with E-state index in [0.29, 0.717) is 17.7 Å². The Morgan fingerprint density at radius 2 is 1.83 bits per heavy atom. The summed E-state index contributed by atoms with van der Waals surface area (Å²) in [6.07, 6.45) is 2.47. The first-order valence-corrected chi connectivity index (χ1v) is 16.3. The van der Waals surface area contributed by atoms with Gasteiger partial charge in [0.2, 0.25) is 0 Å². The van der Waals surface area contributed by atoms with Crippen LogP contribution < -0.4 is 14.8 Å². The molecule has 0 aliphatic carbocycles. The molecule has 3 aromatic carbocycles. The summed E-state index contributed by atoms with van der Waals surface area (Å²) >= 11 is 6.61. The zero-order chi connectivity index (χ0) is 34.5. The van der Waals surface area contributed by atoms with E-state index in [0.717, 1.165) is 32.4 Å². The van der Waals surface area contributed by atoms with Crippen LogP contribution in [0.2, 0.25) is 5.02 Å². The fraction of sp³-hybridized carbons (Fsp3) is 0.444. The van der Waals surface area contributed by atoms with Gasteiger partial charge in [-0.3, -0.25) is 4.79 Å². The Kier molecular flexibility index (Phi) is 11.2. The Morgan fingerprint density at radius 3 is 2.52 bits per heavy atom. The van der Waals surface area contributed by atoms with Crippen molar-refractivity contribution in [3.05, 3.63) is 81.9 Å². The van der Waals surface area contributed by atoms with Gasteiger partial charge in [0.15, 0.2) is 23.5 Å². The van der Waals surface area contributed by atoms with Crippen molar-refractivity contribution in [3.63, 3.8) is 0 Å². The molecule has 2 heterocycles. The molecule has 0 saturated carbocycles. The number of ether oxygens (including phenoxy) is 6. The maximum atomic E-state index is 16.5. The van der Waals surface area contributed by atoms with Crippen molar-refractivity contribution in [2.24, 2.45) is 0 Å². The first-order valence-electron chi connectivity index (χ1n) is 15.9. The fourth-order valence-electron chi connectivity index (χ4n) is 5.91. The van der Waals surface area contributed by atoms with Crippen LogP contribution in [-0.2, 0) is 35.8 Å². The zero-order valence-electron chi connectivity index (χ0n) is 27.5. The Labute approximate surface area is 283 Å². The number of carbonyl (C=O) groups excluding carboxylic acids is 2. The van der Waals surface area contributed by atoms with Crippen LogP contribution in [0.25, 0.3) is 11.1 Å². The fourth-order valence-corrected chi connectivity index (χ4v) is 6.18. The Bertz CT molecular complexity index is 1620. The van der Waals surface area contributed by atoms with E-state index < -0.39 is 39.8 Å². The van der Waals surface area contributed by atoms with Crippen LogP contribution in [-0.4, -0.2) is 63.8 Å². The second kappa shape index (κ2) is 15.2. The van der Waals surface area contributed by atoms with Crippen molar-refractivity contribution in [1.29, 1.82) is 0 Å². The quantitative estimate of drug-likeness (QED) is 0.164. The number of hydrogen-bond donors (Lipinski definition) is 1. The van der Waals surface area contributed by atoms with Gasteiger partial charge in [0, 0.05) is 42.3 Å². The van der Waals surface area contributed by atoms with E-state index in [1.165, 1.54) is 12.1 Å². The van der Waals surface area contributed by atoms with Crippen LogP contribution >= 0.6 is 11.6 Å². The van der Waals surface area contributed by atoms with Gasteiger partial charge in [-0.2, -0.15) is 0 Å². The highest BCUT2D eigenvalue weighted by Gasteiger charge is 2.44. The van der Waals surface area contributed by atoms with Gasteiger partial charge in [-0.15, -0.1) is 0 Å². The summed E-state index contributed by atoms with van der Waals surface area (Å²) in [4.78, 5) is 25.5. The van der Waals surface area contributed by atoms with Crippen molar-refractivity contribution >= 4 is 23.5 Å². The van der Waals surface area contributed by atoms with Crippen molar-refractivity contribution < 1.29 is 46.8 Å². The number of benzene rings is 3. The van der Waals surface area contributed by atoms with E-state index >= 15 is 8.78 Å². The van der Waals surface area contributed by atoms with Crippen molar-refractivity contribution in [2.45, 2.75) is 63.9 Å². The lowest BCUT2D eigenvalue weighted by Crippen LogP contribution is -2.44. The topological polar surface area (TPSA) is 102 Å². The Morgan fingerprint density at radius 1 is 1.06 bits per heavy atom. The Hall–Kier alpha value is -3.77. The highest BCUT2D eigenvalue weighted by atomic mass is 35.5. The van der Waals surface area contributed by atoms with E-state index in [-0.39, 0.29) is 67.2 Å². The van der Waals surface area contributed by atoms with Crippen LogP contribution in [0.4, 0.5) is 8.78 Å².